The Bertz CT molecular complexity index is 298. The van der Waals surface area contributed by atoms with Crippen molar-refractivity contribution in [2.45, 2.75) is 82.8 Å². The van der Waals surface area contributed by atoms with Gasteiger partial charge in [-0.15, -0.1) is 0 Å². The van der Waals surface area contributed by atoms with E-state index >= 15 is 0 Å². The number of hydrogen-bond donors (Lipinski definition) is 1. The molecule has 1 unspecified atom stereocenters. The van der Waals surface area contributed by atoms with Gasteiger partial charge in [0.05, 0.1) is 0 Å². The molecule has 0 saturated heterocycles. The summed E-state index contributed by atoms with van der Waals surface area (Å²) in [7, 11) is 0. The zero-order valence-corrected chi connectivity index (χ0v) is 18.1. The van der Waals surface area contributed by atoms with Crippen molar-refractivity contribution in [1.29, 1.82) is 0 Å². The topological polar surface area (TPSA) is 26.3 Å². The summed E-state index contributed by atoms with van der Waals surface area (Å²) in [6.45, 7) is 2.25. The third-order valence-electron chi connectivity index (χ3n) is 3.55. The van der Waals surface area contributed by atoms with Gasteiger partial charge in [0.2, 0.25) is 0 Å². The van der Waals surface area contributed by atoms with E-state index in [1.807, 2.05) is 6.08 Å². The standard InChI is InChI=1S/C14H25O2S.3CH3.Sn/c1-2-3-4-5-6-7-8-9-10-11-12-16-14(15)13-17;;;;/h11-13,17H,2-10H2,1H3;3*1H3;. The monoisotopic (exact) mass is 422 g/mol. The molecular weight excluding hydrogens is 387 g/mol. The van der Waals surface area contributed by atoms with Gasteiger partial charge in [-0.3, -0.25) is 0 Å². The van der Waals surface area contributed by atoms with Crippen LogP contribution in [0.1, 0.15) is 64.7 Å². The number of esters is 1. The first-order chi connectivity index (χ1) is 9.89. The molecule has 0 aromatic heterocycles. The third-order valence-corrected chi connectivity index (χ3v) is 14.3. The van der Waals surface area contributed by atoms with Gasteiger partial charge in [-0.2, -0.15) is 0 Å². The van der Waals surface area contributed by atoms with Crippen LogP contribution in [0.15, 0.2) is 12.3 Å². The molecule has 0 saturated carbocycles. The van der Waals surface area contributed by atoms with Crippen molar-refractivity contribution in [1.82, 2.24) is 0 Å². The quantitative estimate of drug-likeness (QED) is 0.143. The number of carbonyl (C=O) groups excluding carboxylic acids is 1. The van der Waals surface area contributed by atoms with Crippen molar-refractivity contribution >= 4 is 37.0 Å². The molecule has 0 heterocycles. The molecule has 0 radical (unpaired) electrons. The molecule has 2 nitrogen and oxygen atoms in total. The first kappa shape index (κ1) is 21.4. The molecule has 21 heavy (non-hydrogen) atoms. The number of hydrogen-bond acceptors (Lipinski definition) is 3. The summed E-state index contributed by atoms with van der Waals surface area (Å²) in [6, 6.07) is 0. The average molecular weight is 421 g/mol. The van der Waals surface area contributed by atoms with E-state index < -0.39 is 18.4 Å². The number of allylic oxidation sites excluding steroid dienone is 1. The van der Waals surface area contributed by atoms with E-state index in [9.17, 15) is 4.79 Å². The predicted octanol–water partition coefficient (Wildman–Crippen LogP) is 5.75. The normalized spacial score (nSPS) is 13.6. The van der Waals surface area contributed by atoms with Gasteiger partial charge in [-0.25, -0.2) is 0 Å². The van der Waals surface area contributed by atoms with Crippen LogP contribution in [0.25, 0.3) is 0 Å². The second-order valence-electron chi connectivity index (χ2n) is 6.84. The van der Waals surface area contributed by atoms with Crippen molar-refractivity contribution in [3.8, 4) is 0 Å². The van der Waals surface area contributed by atoms with E-state index in [-0.39, 0.29) is 9.24 Å². The van der Waals surface area contributed by atoms with Crippen molar-refractivity contribution in [2.24, 2.45) is 0 Å². The van der Waals surface area contributed by atoms with E-state index in [1.54, 1.807) is 6.26 Å². The molecule has 1 atom stereocenters. The fourth-order valence-electron chi connectivity index (χ4n) is 2.00. The number of carbonyl (C=O) groups is 1. The summed E-state index contributed by atoms with van der Waals surface area (Å²) in [6.07, 6.45) is 15.1. The molecule has 4 heteroatoms. The Balaban J connectivity index is 3.51. The fourth-order valence-corrected chi connectivity index (χ4v) is 4.27. The van der Waals surface area contributed by atoms with Crippen LogP contribution >= 0.6 is 12.6 Å². The van der Waals surface area contributed by atoms with Crippen molar-refractivity contribution in [3.63, 3.8) is 0 Å². The Hall–Kier alpha value is 0.359. The molecule has 0 aliphatic rings. The molecule has 0 rings (SSSR count). The van der Waals surface area contributed by atoms with Crippen LogP contribution in [0.3, 0.4) is 0 Å². The summed E-state index contributed by atoms with van der Waals surface area (Å²) >= 11 is 2.11. The molecule has 0 spiro atoms. The molecule has 0 aromatic rings. The SMILES string of the molecule is CCCCCCCCCCC=COC(=O)[CH](S)[Sn]([CH3])([CH3])[CH3]. The number of ether oxygens (including phenoxy) is 1. The minimum absolute atomic E-state index is 0.172. The Morgan fingerprint density at radius 2 is 1.57 bits per heavy atom. The van der Waals surface area contributed by atoms with Crippen molar-refractivity contribution in [3.05, 3.63) is 12.3 Å². The molecule has 0 N–H and O–H groups in total. The van der Waals surface area contributed by atoms with Gasteiger partial charge in [0, 0.05) is 0 Å². The number of unbranched alkanes of at least 4 members (excludes halogenated alkanes) is 8. The van der Waals surface area contributed by atoms with Crippen molar-refractivity contribution in [2.75, 3.05) is 0 Å². The molecule has 0 amide bonds. The first-order valence-electron chi connectivity index (χ1n) is 8.43. The van der Waals surface area contributed by atoms with Crippen LogP contribution in [0.2, 0.25) is 14.8 Å². The molecule has 0 aliphatic carbocycles. The average Bonchev–Trinajstić information content (AvgIpc) is 2.42. The predicted molar refractivity (Wildman–Crippen MR) is 98.6 cm³/mol. The molecule has 0 bridgehead atoms. The zero-order chi connectivity index (χ0) is 16.1. The number of rotatable bonds is 12. The maximum atomic E-state index is 11.8. The second-order valence-corrected chi connectivity index (χ2v) is 23.9. The molecule has 0 fully saturated rings. The molecule has 124 valence electrons. The second kappa shape index (κ2) is 12.9. The zero-order valence-electron chi connectivity index (χ0n) is 14.4. The van der Waals surface area contributed by atoms with Crippen LogP contribution in [0.4, 0.5) is 0 Å². The molecule has 0 aliphatic heterocycles. The third kappa shape index (κ3) is 12.6. The van der Waals surface area contributed by atoms with Gasteiger partial charge in [0.15, 0.2) is 0 Å². The van der Waals surface area contributed by atoms with Gasteiger partial charge < -0.3 is 0 Å². The van der Waals surface area contributed by atoms with E-state index in [2.05, 4.69) is 34.4 Å². The Morgan fingerprint density at radius 1 is 1.05 bits per heavy atom. The van der Waals surface area contributed by atoms with Gasteiger partial charge in [0.1, 0.15) is 0 Å². The minimum atomic E-state index is -2.28. The molecular formula is C17H34O2SSn. The summed E-state index contributed by atoms with van der Waals surface area (Å²) in [4.78, 5) is 18.3. The van der Waals surface area contributed by atoms with Gasteiger partial charge in [-0.05, 0) is 0 Å². The number of thiol groups is 1. The Morgan fingerprint density at radius 3 is 2.10 bits per heavy atom. The van der Waals surface area contributed by atoms with Gasteiger partial charge in [0.25, 0.3) is 0 Å². The Labute approximate surface area is 141 Å². The van der Waals surface area contributed by atoms with Crippen molar-refractivity contribution < 1.29 is 9.53 Å². The van der Waals surface area contributed by atoms with Gasteiger partial charge in [-0.1, -0.05) is 19.8 Å². The maximum absolute atomic E-state index is 11.8. The van der Waals surface area contributed by atoms with E-state index in [0.717, 1.165) is 6.42 Å². The van der Waals surface area contributed by atoms with Crippen LogP contribution in [0.5, 0.6) is 0 Å². The first-order valence-corrected chi connectivity index (χ1v) is 19.2. The van der Waals surface area contributed by atoms with Crippen LogP contribution in [0, 0.1) is 0 Å². The van der Waals surface area contributed by atoms with Crippen LogP contribution in [-0.2, 0) is 9.53 Å². The molecule has 0 aromatic carbocycles. The summed E-state index contributed by atoms with van der Waals surface area (Å²) in [5.74, 6) is -0.172. The van der Waals surface area contributed by atoms with E-state index in [1.165, 1.54) is 51.4 Å². The summed E-state index contributed by atoms with van der Waals surface area (Å²) in [5.41, 5.74) is 0. The van der Waals surface area contributed by atoms with E-state index in [4.69, 9.17) is 4.74 Å². The summed E-state index contributed by atoms with van der Waals surface area (Å²) in [5, 5.41) is 0. The summed E-state index contributed by atoms with van der Waals surface area (Å²) < 4.78 is 4.98. The van der Waals surface area contributed by atoms with Crippen LogP contribution in [-0.4, -0.2) is 27.6 Å². The van der Waals surface area contributed by atoms with Crippen LogP contribution < -0.4 is 0 Å². The fraction of sp³-hybridized carbons (Fsp3) is 0.824. The Kier molecular flexibility index (Phi) is 13.1. The van der Waals surface area contributed by atoms with E-state index in [0.29, 0.717) is 0 Å². The van der Waals surface area contributed by atoms with Gasteiger partial charge >= 0.3 is 122 Å².